The molecule has 0 atom stereocenters. The maximum atomic E-state index is 12.0. The van der Waals surface area contributed by atoms with E-state index in [9.17, 15) is 4.39 Å². The summed E-state index contributed by atoms with van der Waals surface area (Å²) < 4.78 is 17.2. The average Bonchev–Trinajstić information content (AvgIpc) is 2.47. The zero-order valence-electron chi connectivity index (χ0n) is 11.6. The van der Waals surface area contributed by atoms with Crippen molar-refractivity contribution in [2.24, 2.45) is 5.92 Å². The third-order valence-electron chi connectivity index (χ3n) is 4.14. The Labute approximate surface area is 115 Å². The molecular formula is C17H23FO. The summed E-state index contributed by atoms with van der Waals surface area (Å²) in [5.74, 6) is 1.44. The largest absolute Gasteiger partial charge is 0.384 e. The zero-order valence-corrected chi connectivity index (χ0v) is 11.6. The highest BCUT2D eigenvalue weighted by Crippen LogP contribution is 2.35. The highest BCUT2D eigenvalue weighted by atomic mass is 19.1. The van der Waals surface area contributed by atoms with Gasteiger partial charge in [0.2, 0.25) is 0 Å². The Morgan fingerprint density at radius 2 is 1.84 bits per heavy atom. The molecule has 0 aromatic heterocycles. The second-order valence-electron chi connectivity index (χ2n) is 5.48. The van der Waals surface area contributed by atoms with Crippen LogP contribution in [0.1, 0.15) is 42.7 Å². The van der Waals surface area contributed by atoms with E-state index in [-0.39, 0.29) is 0 Å². The molecule has 0 aliphatic heterocycles. The van der Waals surface area contributed by atoms with E-state index in [1.807, 2.05) is 0 Å². The number of rotatable bonds is 5. The third-order valence-corrected chi connectivity index (χ3v) is 4.14. The fraction of sp³-hybridized carbons (Fsp3) is 0.529. The number of benzene rings is 1. The molecule has 1 fully saturated rings. The van der Waals surface area contributed by atoms with E-state index in [0.29, 0.717) is 18.7 Å². The topological polar surface area (TPSA) is 9.23 Å². The number of halogens is 1. The summed E-state index contributed by atoms with van der Waals surface area (Å²) in [4.78, 5) is 0. The first kappa shape index (κ1) is 14.3. The van der Waals surface area contributed by atoms with Crippen LogP contribution in [-0.4, -0.2) is 13.7 Å². The van der Waals surface area contributed by atoms with Crippen molar-refractivity contribution in [3.63, 3.8) is 0 Å². The first-order valence-corrected chi connectivity index (χ1v) is 7.16. The summed E-state index contributed by atoms with van der Waals surface area (Å²) in [7, 11) is 1.79. The van der Waals surface area contributed by atoms with E-state index in [1.165, 1.54) is 36.8 Å². The Hall–Kier alpha value is -1.15. The highest BCUT2D eigenvalue weighted by molar-refractivity contribution is 5.27. The van der Waals surface area contributed by atoms with Gasteiger partial charge in [0.25, 0.3) is 0 Å². The van der Waals surface area contributed by atoms with Gasteiger partial charge < -0.3 is 4.74 Å². The maximum absolute atomic E-state index is 12.0. The first-order valence-electron chi connectivity index (χ1n) is 7.16. The van der Waals surface area contributed by atoms with E-state index in [4.69, 9.17) is 4.74 Å². The van der Waals surface area contributed by atoms with Crippen LogP contribution in [0, 0.1) is 5.92 Å². The molecule has 0 heterocycles. The van der Waals surface area contributed by atoms with E-state index >= 15 is 0 Å². The Kier molecular flexibility index (Phi) is 5.59. The van der Waals surface area contributed by atoms with Crippen LogP contribution in [-0.2, 0) is 11.2 Å². The minimum atomic E-state index is 0.616. The van der Waals surface area contributed by atoms with Crippen LogP contribution in [0.3, 0.4) is 0 Å². The van der Waals surface area contributed by atoms with Crippen LogP contribution >= 0.6 is 0 Å². The van der Waals surface area contributed by atoms with Gasteiger partial charge in [-0.3, -0.25) is 0 Å². The van der Waals surface area contributed by atoms with Crippen LogP contribution in [0.25, 0.3) is 0 Å². The number of hydrogen-bond acceptors (Lipinski definition) is 1. The summed E-state index contributed by atoms with van der Waals surface area (Å²) in [6, 6.07) is 8.67. The molecule has 104 valence electrons. The smallest absolute Gasteiger partial charge is 0.0830 e. The molecule has 19 heavy (non-hydrogen) atoms. The summed E-state index contributed by atoms with van der Waals surface area (Å²) >= 11 is 0. The molecule has 0 N–H and O–H groups in total. The molecule has 0 unspecified atom stereocenters. The number of ether oxygens (including phenoxy) is 1. The minimum absolute atomic E-state index is 0.616. The predicted molar refractivity (Wildman–Crippen MR) is 77.0 cm³/mol. The Bertz CT molecular complexity index is 388. The fourth-order valence-electron chi connectivity index (χ4n) is 3.00. The molecule has 1 aliphatic rings. The van der Waals surface area contributed by atoms with Crippen molar-refractivity contribution in [3.05, 3.63) is 47.8 Å². The summed E-state index contributed by atoms with van der Waals surface area (Å²) in [5.41, 5.74) is 2.61. The molecule has 0 saturated heterocycles. The summed E-state index contributed by atoms with van der Waals surface area (Å²) in [5, 5.41) is 0. The van der Waals surface area contributed by atoms with E-state index in [0.717, 1.165) is 12.5 Å². The van der Waals surface area contributed by atoms with Crippen molar-refractivity contribution >= 4 is 0 Å². The van der Waals surface area contributed by atoms with Crippen LogP contribution < -0.4 is 0 Å². The fourth-order valence-corrected chi connectivity index (χ4v) is 3.00. The Morgan fingerprint density at radius 1 is 1.16 bits per heavy atom. The normalized spacial score (nSPS) is 23.9. The third kappa shape index (κ3) is 4.17. The first-order chi connectivity index (χ1) is 9.33. The highest BCUT2D eigenvalue weighted by Gasteiger charge is 2.21. The average molecular weight is 262 g/mol. The van der Waals surface area contributed by atoms with Gasteiger partial charge in [0.1, 0.15) is 0 Å². The SMILES string of the molecule is COC[C@H]1CC[C@H](c2ccc(C/C=C/F)cc2)CC1. The maximum Gasteiger partial charge on any atom is 0.0830 e. The lowest BCUT2D eigenvalue weighted by atomic mass is 9.79. The molecule has 0 amide bonds. The molecule has 0 radical (unpaired) electrons. The lowest BCUT2D eigenvalue weighted by molar-refractivity contribution is 0.127. The van der Waals surface area contributed by atoms with Crippen molar-refractivity contribution in [1.82, 2.24) is 0 Å². The lowest BCUT2D eigenvalue weighted by Gasteiger charge is -2.28. The molecule has 1 saturated carbocycles. The zero-order chi connectivity index (χ0) is 13.5. The van der Waals surface area contributed by atoms with E-state index in [1.54, 1.807) is 13.2 Å². The van der Waals surface area contributed by atoms with E-state index in [2.05, 4.69) is 24.3 Å². The van der Waals surface area contributed by atoms with Gasteiger partial charge >= 0.3 is 0 Å². The predicted octanol–water partition coefficient (Wildman–Crippen LogP) is 4.63. The summed E-state index contributed by atoms with van der Waals surface area (Å²) in [6.45, 7) is 0.904. The second kappa shape index (κ2) is 7.44. The van der Waals surface area contributed by atoms with Crippen molar-refractivity contribution in [3.8, 4) is 0 Å². The monoisotopic (exact) mass is 262 g/mol. The Morgan fingerprint density at radius 3 is 2.42 bits per heavy atom. The van der Waals surface area contributed by atoms with Gasteiger partial charge in [-0.1, -0.05) is 30.3 Å². The number of allylic oxidation sites excluding steroid dienone is 1. The van der Waals surface area contributed by atoms with Crippen molar-refractivity contribution in [2.75, 3.05) is 13.7 Å². The van der Waals surface area contributed by atoms with Crippen molar-refractivity contribution < 1.29 is 9.13 Å². The molecular weight excluding hydrogens is 239 g/mol. The molecule has 2 heteroatoms. The number of methoxy groups -OCH3 is 1. The standard InChI is InChI=1S/C17H23FO/c1-19-13-15-6-10-17(11-7-15)16-8-4-14(5-9-16)3-2-12-18/h2,4-5,8-9,12,15,17H,3,6-7,10-11,13H2,1H3/b12-2+/t15-,17-. The minimum Gasteiger partial charge on any atom is -0.384 e. The van der Waals surface area contributed by atoms with Gasteiger partial charge in [0.15, 0.2) is 0 Å². The Balaban J connectivity index is 1.89. The molecule has 1 aliphatic carbocycles. The molecule has 2 rings (SSSR count). The van der Waals surface area contributed by atoms with E-state index < -0.39 is 0 Å². The van der Waals surface area contributed by atoms with Crippen LogP contribution in [0.4, 0.5) is 4.39 Å². The van der Waals surface area contributed by atoms with Gasteiger partial charge in [-0.25, -0.2) is 4.39 Å². The summed E-state index contributed by atoms with van der Waals surface area (Å²) in [6.07, 6.45) is 7.90. The van der Waals surface area contributed by atoms with Gasteiger partial charge in [-0.15, -0.1) is 0 Å². The molecule has 1 nitrogen and oxygen atoms in total. The van der Waals surface area contributed by atoms with Crippen molar-refractivity contribution in [1.29, 1.82) is 0 Å². The van der Waals surface area contributed by atoms with Crippen LogP contribution in [0.5, 0.6) is 0 Å². The number of hydrogen-bond donors (Lipinski definition) is 0. The molecule has 0 bridgehead atoms. The molecule has 1 aromatic carbocycles. The quantitative estimate of drug-likeness (QED) is 0.751. The molecule has 0 spiro atoms. The second-order valence-corrected chi connectivity index (χ2v) is 5.48. The molecule has 1 aromatic rings. The van der Waals surface area contributed by atoms with Crippen LogP contribution in [0.15, 0.2) is 36.7 Å². The van der Waals surface area contributed by atoms with Gasteiger partial charge in [-0.2, -0.15) is 0 Å². The van der Waals surface area contributed by atoms with Crippen molar-refractivity contribution in [2.45, 2.75) is 38.0 Å². The van der Waals surface area contributed by atoms with Crippen LogP contribution in [0.2, 0.25) is 0 Å². The van der Waals surface area contributed by atoms with Gasteiger partial charge in [-0.05, 0) is 55.1 Å². The lowest BCUT2D eigenvalue weighted by Crippen LogP contribution is -2.17. The van der Waals surface area contributed by atoms with Gasteiger partial charge in [0, 0.05) is 13.7 Å². The van der Waals surface area contributed by atoms with Gasteiger partial charge in [0.05, 0.1) is 6.33 Å².